The molecule has 0 radical (unpaired) electrons. The molecule has 4 heteroatoms. The minimum atomic E-state index is -1.13. The Balaban J connectivity index is 2.11. The van der Waals surface area contributed by atoms with Gasteiger partial charge in [-0.25, -0.2) is 13.6 Å². The van der Waals surface area contributed by atoms with Gasteiger partial charge < -0.3 is 4.74 Å². The summed E-state index contributed by atoms with van der Waals surface area (Å²) in [5, 5.41) is 0. The van der Waals surface area contributed by atoms with E-state index in [1.54, 1.807) is 0 Å². The summed E-state index contributed by atoms with van der Waals surface area (Å²) in [6.07, 6.45) is 3.51. The first-order chi connectivity index (χ1) is 7.68. The fourth-order valence-electron chi connectivity index (χ4n) is 1.88. The first-order valence-corrected chi connectivity index (χ1v) is 5.33. The molecule has 1 aromatic rings. The lowest BCUT2D eigenvalue weighted by atomic mass is 10.2. The van der Waals surface area contributed by atoms with Crippen molar-refractivity contribution < 1.29 is 18.3 Å². The van der Waals surface area contributed by atoms with E-state index in [4.69, 9.17) is 4.74 Å². The third kappa shape index (κ3) is 2.21. The first-order valence-electron chi connectivity index (χ1n) is 5.33. The molecule has 0 atom stereocenters. The molecule has 0 unspecified atom stereocenters. The summed E-state index contributed by atoms with van der Waals surface area (Å²) in [5.41, 5.74) is -0.327. The highest BCUT2D eigenvalue weighted by Crippen LogP contribution is 2.23. The maximum atomic E-state index is 13.3. The smallest absolute Gasteiger partial charge is 0.341 e. The molecule has 0 heterocycles. The molecular weight excluding hydrogens is 214 g/mol. The fourth-order valence-corrected chi connectivity index (χ4v) is 1.88. The van der Waals surface area contributed by atoms with Crippen LogP contribution in [0.15, 0.2) is 18.2 Å². The number of esters is 1. The molecule has 0 amide bonds. The second kappa shape index (κ2) is 4.60. The number of ether oxygens (including phenoxy) is 1. The Morgan fingerprint density at radius 1 is 1.25 bits per heavy atom. The molecule has 1 aromatic carbocycles. The van der Waals surface area contributed by atoms with Crippen LogP contribution in [0.3, 0.4) is 0 Å². The van der Waals surface area contributed by atoms with Gasteiger partial charge in [0, 0.05) is 0 Å². The van der Waals surface area contributed by atoms with Crippen molar-refractivity contribution in [1.82, 2.24) is 0 Å². The van der Waals surface area contributed by atoms with Crippen molar-refractivity contribution in [1.29, 1.82) is 0 Å². The zero-order valence-corrected chi connectivity index (χ0v) is 8.71. The van der Waals surface area contributed by atoms with Gasteiger partial charge in [0.25, 0.3) is 0 Å². The standard InChI is InChI=1S/C12H12F2O2/c13-10-7-3-6-9(11(10)14)12(15)16-8-4-1-2-5-8/h3,6-8H,1-2,4-5H2. The third-order valence-electron chi connectivity index (χ3n) is 2.75. The van der Waals surface area contributed by atoms with E-state index in [-0.39, 0.29) is 11.7 Å². The van der Waals surface area contributed by atoms with E-state index in [1.807, 2.05) is 0 Å². The molecular formula is C12H12F2O2. The van der Waals surface area contributed by atoms with E-state index < -0.39 is 17.6 Å². The van der Waals surface area contributed by atoms with Crippen molar-refractivity contribution in [2.24, 2.45) is 0 Å². The Kier molecular flexibility index (Phi) is 3.17. The summed E-state index contributed by atoms with van der Waals surface area (Å²) in [5.74, 6) is -2.93. The number of hydrogen-bond acceptors (Lipinski definition) is 2. The van der Waals surface area contributed by atoms with Gasteiger partial charge in [-0.2, -0.15) is 0 Å². The molecule has 0 aromatic heterocycles. The van der Waals surface area contributed by atoms with E-state index in [9.17, 15) is 13.6 Å². The molecule has 1 saturated carbocycles. The zero-order valence-electron chi connectivity index (χ0n) is 8.71. The molecule has 2 rings (SSSR count). The van der Waals surface area contributed by atoms with Crippen LogP contribution in [0.25, 0.3) is 0 Å². The second-order valence-corrected chi connectivity index (χ2v) is 3.91. The van der Waals surface area contributed by atoms with Crippen molar-refractivity contribution in [2.45, 2.75) is 31.8 Å². The topological polar surface area (TPSA) is 26.3 Å². The number of carbonyl (C=O) groups is 1. The summed E-state index contributed by atoms with van der Waals surface area (Å²) in [6, 6.07) is 3.50. The second-order valence-electron chi connectivity index (χ2n) is 3.91. The average Bonchev–Trinajstić information content (AvgIpc) is 2.74. The Labute approximate surface area is 92.2 Å². The zero-order chi connectivity index (χ0) is 11.5. The van der Waals surface area contributed by atoms with E-state index in [0.29, 0.717) is 0 Å². The molecule has 1 aliphatic carbocycles. The number of carbonyl (C=O) groups excluding carboxylic acids is 1. The van der Waals surface area contributed by atoms with Crippen LogP contribution in [-0.2, 0) is 4.74 Å². The monoisotopic (exact) mass is 226 g/mol. The van der Waals surface area contributed by atoms with Crippen LogP contribution < -0.4 is 0 Å². The average molecular weight is 226 g/mol. The van der Waals surface area contributed by atoms with Crippen LogP contribution in [0.2, 0.25) is 0 Å². The van der Waals surface area contributed by atoms with Crippen LogP contribution >= 0.6 is 0 Å². The van der Waals surface area contributed by atoms with Gasteiger partial charge in [-0.3, -0.25) is 0 Å². The molecule has 86 valence electrons. The molecule has 1 fully saturated rings. The molecule has 0 aliphatic heterocycles. The van der Waals surface area contributed by atoms with Crippen LogP contribution in [0.5, 0.6) is 0 Å². The number of hydrogen-bond donors (Lipinski definition) is 0. The highest BCUT2D eigenvalue weighted by atomic mass is 19.2. The normalized spacial score (nSPS) is 16.4. The number of benzene rings is 1. The number of halogens is 2. The minimum Gasteiger partial charge on any atom is -0.459 e. The third-order valence-corrected chi connectivity index (χ3v) is 2.75. The fraction of sp³-hybridized carbons (Fsp3) is 0.417. The van der Waals surface area contributed by atoms with E-state index in [1.165, 1.54) is 12.1 Å². The van der Waals surface area contributed by atoms with Gasteiger partial charge in [0.05, 0.1) is 5.56 Å². The molecule has 16 heavy (non-hydrogen) atoms. The Bertz CT molecular complexity index is 398. The minimum absolute atomic E-state index is 0.143. The van der Waals surface area contributed by atoms with Crippen LogP contribution in [0, 0.1) is 11.6 Å². The maximum absolute atomic E-state index is 13.3. The van der Waals surface area contributed by atoms with Gasteiger partial charge in [-0.1, -0.05) is 6.07 Å². The van der Waals surface area contributed by atoms with Crippen molar-refractivity contribution in [3.8, 4) is 0 Å². The molecule has 0 saturated heterocycles. The van der Waals surface area contributed by atoms with Gasteiger partial charge in [0.1, 0.15) is 6.10 Å². The van der Waals surface area contributed by atoms with Crippen LogP contribution in [-0.4, -0.2) is 12.1 Å². The van der Waals surface area contributed by atoms with Gasteiger partial charge in [-0.05, 0) is 37.8 Å². The van der Waals surface area contributed by atoms with E-state index in [2.05, 4.69) is 0 Å². The molecule has 0 bridgehead atoms. The highest BCUT2D eigenvalue weighted by Gasteiger charge is 2.22. The van der Waals surface area contributed by atoms with Gasteiger partial charge in [0.2, 0.25) is 0 Å². The van der Waals surface area contributed by atoms with Crippen LogP contribution in [0.1, 0.15) is 36.0 Å². The van der Waals surface area contributed by atoms with Gasteiger partial charge >= 0.3 is 5.97 Å². The lowest BCUT2D eigenvalue weighted by Gasteiger charge is -2.11. The molecule has 0 N–H and O–H groups in total. The summed E-state index contributed by atoms with van der Waals surface area (Å²) in [6.45, 7) is 0. The van der Waals surface area contributed by atoms with Crippen LogP contribution in [0.4, 0.5) is 8.78 Å². The number of rotatable bonds is 2. The van der Waals surface area contributed by atoms with Crippen molar-refractivity contribution in [3.05, 3.63) is 35.4 Å². The molecule has 2 nitrogen and oxygen atoms in total. The summed E-state index contributed by atoms with van der Waals surface area (Å²) < 4.78 is 31.2. The molecule has 0 spiro atoms. The Morgan fingerprint density at radius 2 is 1.94 bits per heavy atom. The first kappa shape index (κ1) is 11.0. The Morgan fingerprint density at radius 3 is 2.62 bits per heavy atom. The maximum Gasteiger partial charge on any atom is 0.341 e. The predicted molar refractivity (Wildman–Crippen MR) is 54.0 cm³/mol. The largest absolute Gasteiger partial charge is 0.459 e. The summed E-state index contributed by atoms with van der Waals surface area (Å²) >= 11 is 0. The lowest BCUT2D eigenvalue weighted by molar-refractivity contribution is 0.0311. The quantitative estimate of drug-likeness (QED) is 0.724. The van der Waals surface area contributed by atoms with Crippen molar-refractivity contribution >= 4 is 5.97 Å². The van der Waals surface area contributed by atoms with Crippen molar-refractivity contribution in [3.63, 3.8) is 0 Å². The van der Waals surface area contributed by atoms with Crippen molar-refractivity contribution in [2.75, 3.05) is 0 Å². The summed E-state index contributed by atoms with van der Waals surface area (Å²) in [7, 11) is 0. The lowest BCUT2D eigenvalue weighted by Crippen LogP contribution is -2.16. The van der Waals surface area contributed by atoms with Gasteiger partial charge in [-0.15, -0.1) is 0 Å². The Hall–Kier alpha value is -1.45. The molecule has 1 aliphatic rings. The SMILES string of the molecule is O=C(OC1CCCC1)c1cccc(F)c1F. The highest BCUT2D eigenvalue weighted by molar-refractivity contribution is 5.89. The van der Waals surface area contributed by atoms with E-state index in [0.717, 1.165) is 31.7 Å². The van der Waals surface area contributed by atoms with E-state index >= 15 is 0 Å². The summed E-state index contributed by atoms with van der Waals surface area (Å²) in [4.78, 5) is 11.5. The predicted octanol–water partition coefficient (Wildman–Crippen LogP) is 3.06. The van der Waals surface area contributed by atoms with Gasteiger partial charge in [0.15, 0.2) is 11.6 Å².